The molecule has 0 saturated carbocycles. The number of nitrogens with one attached hydrogen (secondary N) is 1. The van der Waals surface area contributed by atoms with Crippen LogP contribution in [0, 0.1) is 0 Å². The first-order valence-electron chi connectivity index (χ1n) is 5.98. The number of halogens is 3. The van der Waals surface area contributed by atoms with Crippen molar-refractivity contribution in [1.29, 1.82) is 0 Å². The molecule has 21 heavy (non-hydrogen) atoms. The molecule has 114 valence electrons. The Hall–Kier alpha value is -1.38. The van der Waals surface area contributed by atoms with Crippen LogP contribution in [0.4, 0.5) is 13.2 Å². The van der Waals surface area contributed by atoms with Crippen molar-refractivity contribution in [3.8, 4) is 0 Å². The van der Waals surface area contributed by atoms with E-state index in [2.05, 4.69) is 4.72 Å². The third-order valence-corrected chi connectivity index (χ3v) is 5.61. The quantitative estimate of drug-likeness (QED) is 0.911. The third kappa shape index (κ3) is 4.29. The highest BCUT2D eigenvalue weighted by Gasteiger charge is 2.29. The molecule has 0 spiro atoms. The standard InChI is InChI=1S/C13H12F3NO2S2/c14-13(15,16)11-5-3-10(4-6-11)7-8-17-21(18,19)12-2-1-9-20-12/h1-6,9,17H,7-8H2. The fourth-order valence-corrected chi connectivity index (χ4v) is 3.75. The molecule has 1 aromatic carbocycles. The van der Waals surface area contributed by atoms with Crippen LogP contribution in [-0.2, 0) is 22.6 Å². The Balaban J connectivity index is 1.92. The monoisotopic (exact) mass is 335 g/mol. The lowest BCUT2D eigenvalue weighted by atomic mass is 10.1. The van der Waals surface area contributed by atoms with Crippen LogP contribution in [0.25, 0.3) is 0 Å². The summed E-state index contributed by atoms with van der Waals surface area (Å²) in [7, 11) is -3.53. The Morgan fingerprint density at radius 1 is 1.10 bits per heavy atom. The van der Waals surface area contributed by atoms with E-state index in [0.29, 0.717) is 12.0 Å². The highest BCUT2D eigenvalue weighted by molar-refractivity contribution is 7.91. The second-order valence-electron chi connectivity index (χ2n) is 4.27. The summed E-state index contributed by atoms with van der Waals surface area (Å²) in [6.07, 6.45) is -4.04. The average Bonchev–Trinajstić information content (AvgIpc) is 2.92. The van der Waals surface area contributed by atoms with Crippen LogP contribution in [0.5, 0.6) is 0 Å². The lowest BCUT2D eigenvalue weighted by Gasteiger charge is -2.08. The van der Waals surface area contributed by atoms with E-state index in [-0.39, 0.29) is 10.8 Å². The molecule has 1 N–H and O–H groups in total. The van der Waals surface area contributed by atoms with Gasteiger partial charge in [-0.1, -0.05) is 18.2 Å². The lowest BCUT2D eigenvalue weighted by molar-refractivity contribution is -0.137. The van der Waals surface area contributed by atoms with Crippen LogP contribution in [0.3, 0.4) is 0 Å². The zero-order chi connectivity index (χ0) is 15.5. The van der Waals surface area contributed by atoms with Crippen molar-refractivity contribution in [2.45, 2.75) is 16.8 Å². The number of alkyl halides is 3. The Morgan fingerprint density at radius 2 is 1.76 bits per heavy atom. The summed E-state index contributed by atoms with van der Waals surface area (Å²) in [6, 6.07) is 7.80. The van der Waals surface area contributed by atoms with Crippen LogP contribution < -0.4 is 4.72 Å². The van der Waals surface area contributed by atoms with Gasteiger partial charge in [-0.05, 0) is 35.6 Å². The molecule has 0 amide bonds. The van der Waals surface area contributed by atoms with Crippen LogP contribution in [0.15, 0.2) is 46.0 Å². The maximum atomic E-state index is 12.4. The average molecular weight is 335 g/mol. The van der Waals surface area contributed by atoms with Crippen molar-refractivity contribution in [3.05, 3.63) is 52.9 Å². The van der Waals surface area contributed by atoms with Gasteiger partial charge in [0.2, 0.25) is 10.0 Å². The maximum absolute atomic E-state index is 12.4. The second kappa shape index (κ2) is 6.17. The first-order valence-corrected chi connectivity index (χ1v) is 8.34. The maximum Gasteiger partial charge on any atom is 0.416 e. The molecule has 0 aliphatic carbocycles. The van der Waals surface area contributed by atoms with Crippen molar-refractivity contribution in [2.24, 2.45) is 0 Å². The van der Waals surface area contributed by atoms with Gasteiger partial charge >= 0.3 is 6.18 Å². The normalized spacial score (nSPS) is 12.5. The molecule has 0 saturated heterocycles. The van der Waals surface area contributed by atoms with Crippen molar-refractivity contribution in [2.75, 3.05) is 6.54 Å². The summed E-state index contributed by atoms with van der Waals surface area (Å²) >= 11 is 1.11. The molecule has 1 heterocycles. The molecule has 0 bridgehead atoms. The predicted molar refractivity (Wildman–Crippen MR) is 74.7 cm³/mol. The minimum atomic E-state index is -4.36. The Bertz CT molecular complexity index is 677. The summed E-state index contributed by atoms with van der Waals surface area (Å²) in [5.41, 5.74) is -0.0812. The molecule has 3 nitrogen and oxygen atoms in total. The summed E-state index contributed by atoms with van der Waals surface area (Å²) in [5.74, 6) is 0. The number of thiophene rings is 1. The van der Waals surface area contributed by atoms with Crippen LogP contribution in [-0.4, -0.2) is 15.0 Å². The highest BCUT2D eigenvalue weighted by Crippen LogP contribution is 2.29. The summed E-state index contributed by atoms with van der Waals surface area (Å²) in [6.45, 7) is 0.131. The predicted octanol–water partition coefficient (Wildman–Crippen LogP) is 3.29. The number of benzene rings is 1. The largest absolute Gasteiger partial charge is 0.416 e. The van der Waals surface area contributed by atoms with Gasteiger partial charge in [0.05, 0.1) is 5.56 Å². The van der Waals surface area contributed by atoms with Gasteiger partial charge < -0.3 is 0 Å². The molecular weight excluding hydrogens is 323 g/mol. The fraction of sp³-hybridized carbons (Fsp3) is 0.231. The number of rotatable bonds is 5. The van der Waals surface area contributed by atoms with E-state index in [0.717, 1.165) is 23.5 Å². The lowest BCUT2D eigenvalue weighted by Crippen LogP contribution is -2.25. The van der Waals surface area contributed by atoms with Gasteiger partial charge in [0.25, 0.3) is 0 Å². The molecule has 0 radical (unpaired) electrons. The molecule has 1 aromatic heterocycles. The van der Waals surface area contributed by atoms with Gasteiger partial charge in [0, 0.05) is 6.54 Å². The summed E-state index contributed by atoms with van der Waals surface area (Å²) in [4.78, 5) is 0. The summed E-state index contributed by atoms with van der Waals surface area (Å²) in [5, 5.41) is 1.66. The van der Waals surface area contributed by atoms with E-state index in [4.69, 9.17) is 0 Å². The smallest absolute Gasteiger partial charge is 0.210 e. The molecule has 8 heteroatoms. The first-order chi connectivity index (χ1) is 9.79. The van der Waals surface area contributed by atoms with E-state index in [1.54, 1.807) is 11.4 Å². The second-order valence-corrected chi connectivity index (χ2v) is 7.22. The zero-order valence-corrected chi connectivity index (χ0v) is 12.4. The van der Waals surface area contributed by atoms with Crippen molar-refractivity contribution >= 4 is 21.4 Å². The Morgan fingerprint density at radius 3 is 2.29 bits per heavy atom. The van der Waals surface area contributed by atoms with E-state index in [9.17, 15) is 21.6 Å². The molecule has 2 rings (SSSR count). The van der Waals surface area contributed by atoms with E-state index >= 15 is 0 Å². The zero-order valence-electron chi connectivity index (χ0n) is 10.7. The topological polar surface area (TPSA) is 46.2 Å². The van der Waals surface area contributed by atoms with Gasteiger partial charge in [-0.25, -0.2) is 13.1 Å². The van der Waals surface area contributed by atoms with E-state index < -0.39 is 21.8 Å². The minimum absolute atomic E-state index is 0.131. The number of sulfonamides is 1. The van der Waals surface area contributed by atoms with Crippen molar-refractivity contribution in [1.82, 2.24) is 4.72 Å². The van der Waals surface area contributed by atoms with E-state index in [1.807, 2.05) is 0 Å². The van der Waals surface area contributed by atoms with E-state index in [1.165, 1.54) is 18.2 Å². The fourth-order valence-electron chi connectivity index (χ4n) is 1.68. The van der Waals surface area contributed by atoms with Crippen LogP contribution in [0.1, 0.15) is 11.1 Å². The molecule has 0 unspecified atom stereocenters. The summed E-state index contributed by atoms with van der Waals surface area (Å²) < 4.78 is 63.5. The number of hydrogen-bond acceptors (Lipinski definition) is 3. The number of hydrogen-bond donors (Lipinski definition) is 1. The molecule has 0 aliphatic heterocycles. The third-order valence-electron chi connectivity index (χ3n) is 2.75. The van der Waals surface area contributed by atoms with Gasteiger partial charge in [0.15, 0.2) is 0 Å². The first kappa shape index (κ1) is 16.0. The molecular formula is C13H12F3NO2S2. The van der Waals surface area contributed by atoms with Crippen molar-refractivity contribution in [3.63, 3.8) is 0 Å². The molecule has 0 atom stereocenters. The van der Waals surface area contributed by atoms with Gasteiger partial charge in [-0.2, -0.15) is 13.2 Å². The molecule has 0 fully saturated rings. The molecule has 2 aromatic rings. The Kier molecular flexibility index (Phi) is 4.70. The Labute approximate surface area is 124 Å². The molecule has 0 aliphatic rings. The van der Waals surface area contributed by atoms with Crippen LogP contribution >= 0.6 is 11.3 Å². The van der Waals surface area contributed by atoms with Crippen LogP contribution in [0.2, 0.25) is 0 Å². The SMILES string of the molecule is O=S(=O)(NCCc1ccc(C(F)(F)F)cc1)c1cccs1. The van der Waals surface area contributed by atoms with Gasteiger partial charge in [0.1, 0.15) is 4.21 Å². The van der Waals surface area contributed by atoms with Gasteiger partial charge in [-0.3, -0.25) is 0 Å². The van der Waals surface area contributed by atoms with Gasteiger partial charge in [-0.15, -0.1) is 11.3 Å². The van der Waals surface area contributed by atoms with Crippen molar-refractivity contribution < 1.29 is 21.6 Å². The highest BCUT2D eigenvalue weighted by atomic mass is 32.2. The minimum Gasteiger partial charge on any atom is -0.210 e.